The van der Waals surface area contributed by atoms with Crippen molar-refractivity contribution in [2.75, 3.05) is 0 Å². The molecule has 1 aromatic carbocycles. The van der Waals surface area contributed by atoms with Crippen LogP contribution in [-0.4, -0.2) is 9.85 Å². The summed E-state index contributed by atoms with van der Waals surface area (Å²) in [6.45, 7) is 0. The van der Waals surface area contributed by atoms with Crippen molar-refractivity contribution in [1.29, 1.82) is 0 Å². The van der Waals surface area contributed by atoms with Crippen LogP contribution in [0.3, 0.4) is 0 Å². The van der Waals surface area contributed by atoms with Gasteiger partial charge < -0.3 is 0 Å². The molecule has 17 heavy (non-hydrogen) atoms. The van der Waals surface area contributed by atoms with Crippen molar-refractivity contribution < 1.29 is 9.85 Å². The smallest absolute Gasteiger partial charge is 0.283 e. The Balaban J connectivity index is 3.27. The third kappa shape index (κ3) is 4.02. The van der Waals surface area contributed by atoms with Crippen LogP contribution < -0.4 is 11.0 Å². The van der Waals surface area contributed by atoms with Crippen LogP contribution in [0.25, 0.3) is 0 Å². The van der Waals surface area contributed by atoms with Gasteiger partial charge in [-0.3, -0.25) is 31.2 Å². The zero-order chi connectivity index (χ0) is 13.2. The van der Waals surface area contributed by atoms with E-state index >= 15 is 0 Å². The number of nitrogens with zero attached hydrogens (tertiary/aromatic N) is 2. The molecule has 0 saturated carbocycles. The Morgan fingerprint density at radius 2 is 1.82 bits per heavy atom. The van der Waals surface area contributed by atoms with Gasteiger partial charge in [-0.2, -0.15) is 0 Å². The minimum absolute atomic E-state index is 0.133. The molecule has 0 saturated heterocycles. The summed E-state index contributed by atoms with van der Waals surface area (Å²) in [6, 6.07) is 3.22. The van der Waals surface area contributed by atoms with Gasteiger partial charge in [0.15, 0.2) is 0 Å². The predicted octanol–water partition coefficient (Wildman–Crippen LogP) is 1.74. The van der Waals surface area contributed by atoms with Crippen molar-refractivity contribution >= 4 is 40.1 Å². The minimum atomic E-state index is -2.72. The maximum atomic E-state index is 10.7. The number of hydrogen-bond acceptors (Lipinski definition) is 6. The molecule has 0 atom stereocenters. The predicted molar refractivity (Wildman–Crippen MR) is 68.3 cm³/mol. The third-order valence-corrected chi connectivity index (χ3v) is 4.54. The van der Waals surface area contributed by atoms with Crippen LogP contribution in [0.15, 0.2) is 23.1 Å². The monoisotopic (exact) mass is 294 g/mol. The van der Waals surface area contributed by atoms with E-state index in [1.165, 1.54) is 6.07 Å². The summed E-state index contributed by atoms with van der Waals surface area (Å²) in [5, 5.41) is 21.2. The van der Waals surface area contributed by atoms with Gasteiger partial charge in [0.05, 0.1) is 20.8 Å². The molecule has 0 unspecified atom stereocenters. The van der Waals surface area contributed by atoms with Gasteiger partial charge in [0.25, 0.3) is 11.4 Å². The van der Waals surface area contributed by atoms with Gasteiger partial charge in [0.1, 0.15) is 5.54 Å². The third-order valence-electron chi connectivity index (χ3n) is 1.59. The van der Waals surface area contributed by atoms with E-state index in [1.807, 2.05) is 0 Å². The SMILES string of the molecule is NP(N)(=S)Sc1ccc([N+](=O)[O-])cc1[N+](=O)[O-]. The van der Waals surface area contributed by atoms with E-state index in [-0.39, 0.29) is 10.6 Å². The number of nitro benzene ring substituents is 2. The fourth-order valence-electron chi connectivity index (χ4n) is 0.993. The average Bonchev–Trinajstić information content (AvgIpc) is 2.14. The lowest BCUT2D eigenvalue weighted by Crippen LogP contribution is -2.01. The highest BCUT2D eigenvalue weighted by atomic mass is 32.9. The molecule has 1 rings (SSSR count). The molecular formula is C6H7N4O4PS2. The summed E-state index contributed by atoms with van der Waals surface area (Å²) < 4.78 is 0. The molecule has 0 amide bonds. The number of benzene rings is 1. The molecule has 0 spiro atoms. The minimum Gasteiger partial charge on any atom is -0.283 e. The second kappa shape index (κ2) is 5.07. The van der Waals surface area contributed by atoms with E-state index in [2.05, 4.69) is 0 Å². The Kier molecular flexibility index (Phi) is 4.17. The Morgan fingerprint density at radius 1 is 1.24 bits per heavy atom. The van der Waals surface area contributed by atoms with Crippen LogP contribution in [0.4, 0.5) is 11.4 Å². The Labute approximate surface area is 105 Å². The highest BCUT2D eigenvalue weighted by Gasteiger charge is 2.22. The highest BCUT2D eigenvalue weighted by molar-refractivity contribution is 8.69. The van der Waals surface area contributed by atoms with E-state index in [4.69, 9.17) is 22.8 Å². The van der Waals surface area contributed by atoms with Crippen LogP contribution >= 0.6 is 16.9 Å². The highest BCUT2D eigenvalue weighted by Crippen LogP contribution is 2.51. The van der Waals surface area contributed by atoms with Crippen molar-refractivity contribution in [2.24, 2.45) is 11.0 Å². The van der Waals surface area contributed by atoms with Gasteiger partial charge >= 0.3 is 0 Å². The van der Waals surface area contributed by atoms with E-state index in [0.29, 0.717) is 0 Å². The number of non-ortho nitro benzene ring substituents is 1. The summed E-state index contributed by atoms with van der Waals surface area (Å²) in [6.07, 6.45) is 0. The molecule has 0 heterocycles. The maximum absolute atomic E-state index is 10.7. The lowest BCUT2D eigenvalue weighted by Gasteiger charge is -2.08. The van der Waals surface area contributed by atoms with Gasteiger partial charge in [0, 0.05) is 6.07 Å². The van der Waals surface area contributed by atoms with Crippen molar-refractivity contribution in [3.63, 3.8) is 0 Å². The van der Waals surface area contributed by atoms with Gasteiger partial charge in [-0.05, 0) is 6.07 Å². The molecule has 0 aliphatic carbocycles. The standard InChI is InChI=1S/C6H7N4O4PS2/c7-15(8,16)17-6-2-1-4(9(11)12)3-5(6)10(13)14/h1-3H,(H4,7,8,16). The number of nitrogens with two attached hydrogens (primary N) is 2. The molecule has 0 radical (unpaired) electrons. The van der Waals surface area contributed by atoms with Gasteiger partial charge in [-0.25, -0.2) is 0 Å². The average molecular weight is 294 g/mol. The molecule has 0 aliphatic rings. The topological polar surface area (TPSA) is 138 Å². The first-order chi connectivity index (χ1) is 7.70. The van der Waals surface area contributed by atoms with E-state index in [9.17, 15) is 20.2 Å². The molecule has 11 heteroatoms. The van der Waals surface area contributed by atoms with Crippen molar-refractivity contribution in [1.82, 2.24) is 0 Å². The maximum Gasteiger partial charge on any atom is 0.290 e. The van der Waals surface area contributed by atoms with E-state index < -0.39 is 21.1 Å². The van der Waals surface area contributed by atoms with Crippen LogP contribution in [0.2, 0.25) is 0 Å². The summed E-state index contributed by atoms with van der Waals surface area (Å²) in [5.74, 6) is 0. The van der Waals surface area contributed by atoms with Crippen molar-refractivity contribution in [3.8, 4) is 0 Å². The van der Waals surface area contributed by atoms with Crippen LogP contribution in [0.1, 0.15) is 0 Å². The van der Waals surface area contributed by atoms with Crippen LogP contribution in [-0.2, 0) is 11.8 Å². The van der Waals surface area contributed by atoms with E-state index in [0.717, 1.165) is 23.5 Å². The molecule has 4 N–H and O–H groups in total. The zero-order valence-corrected chi connectivity index (χ0v) is 10.7. The van der Waals surface area contributed by atoms with Crippen molar-refractivity contribution in [2.45, 2.75) is 4.90 Å². The van der Waals surface area contributed by atoms with Crippen LogP contribution in [0, 0.1) is 20.2 Å². The van der Waals surface area contributed by atoms with Gasteiger partial charge in [0.2, 0.25) is 0 Å². The molecule has 0 bridgehead atoms. The summed E-state index contributed by atoms with van der Waals surface area (Å²) in [5.41, 5.74) is 7.38. The van der Waals surface area contributed by atoms with Crippen LogP contribution in [0.5, 0.6) is 0 Å². The Hall–Kier alpha value is -1.06. The Morgan fingerprint density at radius 3 is 2.24 bits per heavy atom. The quantitative estimate of drug-likeness (QED) is 0.486. The molecular weight excluding hydrogens is 287 g/mol. The van der Waals surface area contributed by atoms with Crippen molar-refractivity contribution in [3.05, 3.63) is 38.4 Å². The summed E-state index contributed by atoms with van der Waals surface area (Å²) >= 11 is 5.56. The lowest BCUT2D eigenvalue weighted by molar-refractivity contribution is -0.396. The van der Waals surface area contributed by atoms with E-state index in [1.54, 1.807) is 0 Å². The second-order valence-electron chi connectivity index (χ2n) is 2.90. The zero-order valence-electron chi connectivity index (χ0n) is 8.18. The summed E-state index contributed by atoms with van der Waals surface area (Å²) in [4.78, 5) is 19.9. The first-order valence-corrected chi connectivity index (χ1v) is 8.36. The fraction of sp³-hybridized carbons (Fsp3) is 0. The Bertz CT molecular complexity index is 531. The number of hydrogen-bond donors (Lipinski definition) is 2. The molecule has 0 fully saturated rings. The molecule has 0 aliphatic heterocycles. The first-order valence-electron chi connectivity index (χ1n) is 4.00. The molecule has 8 nitrogen and oxygen atoms in total. The normalized spacial score (nSPS) is 11.2. The largest absolute Gasteiger partial charge is 0.290 e. The number of rotatable bonds is 4. The fourth-order valence-corrected chi connectivity index (χ4v) is 3.76. The van der Waals surface area contributed by atoms with Gasteiger partial charge in [-0.1, -0.05) is 23.2 Å². The lowest BCUT2D eigenvalue weighted by atomic mass is 10.3. The molecule has 0 aromatic heterocycles. The molecule has 92 valence electrons. The molecule has 1 aromatic rings. The second-order valence-corrected chi connectivity index (χ2v) is 9.68. The van der Waals surface area contributed by atoms with Gasteiger partial charge in [-0.15, -0.1) is 0 Å². The number of nitro groups is 2. The first kappa shape index (κ1) is 14.0. The summed E-state index contributed by atoms with van der Waals surface area (Å²) in [7, 11) is 0.